The number of aryl methyl sites for hydroxylation is 1. The summed E-state index contributed by atoms with van der Waals surface area (Å²) in [6.07, 6.45) is 1.82. The summed E-state index contributed by atoms with van der Waals surface area (Å²) in [7, 11) is 1.63. The Morgan fingerprint density at radius 3 is 2.50 bits per heavy atom. The van der Waals surface area contributed by atoms with E-state index in [9.17, 15) is 4.79 Å². The molecule has 0 aliphatic carbocycles. The van der Waals surface area contributed by atoms with Gasteiger partial charge in [0.25, 0.3) is 0 Å². The lowest BCUT2D eigenvalue weighted by atomic mass is 10.1. The fourth-order valence-corrected chi connectivity index (χ4v) is 3.94. The highest BCUT2D eigenvalue weighted by atomic mass is 35.5. The van der Waals surface area contributed by atoms with E-state index in [-0.39, 0.29) is 5.91 Å². The van der Waals surface area contributed by atoms with E-state index in [4.69, 9.17) is 26.1 Å². The maximum absolute atomic E-state index is 12.4. The Kier molecular flexibility index (Phi) is 8.04. The SMILES string of the molecule is COc1ccc(CC(=O)NCCc2nc3ccccc3n2CCCOc2ccc(Cl)cc2)cc1. The van der Waals surface area contributed by atoms with Crippen LogP contribution in [-0.4, -0.2) is 35.7 Å². The lowest BCUT2D eigenvalue weighted by molar-refractivity contribution is -0.120. The van der Waals surface area contributed by atoms with E-state index < -0.39 is 0 Å². The normalized spacial score (nSPS) is 10.9. The summed E-state index contributed by atoms with van der Waals surface area (Å²) in [6, 6.07) is 23.0. The lowest BCUT2D eigenvalue weighted by Crippen LogP contribution is -2.28. The van der Waals surface area contributed by atoms with Crippen LogP contribution in [0, 0.1) is 0 Å². The molecule has 0 aliphatic rings. The van der Waals surface area contributed by atoms with Crippen molar-refractivity contribution in [2.45, 2.75) is 25.8 Å². The van der Waals surface area contributed by atoms with Crippen molar-refractivity contribution in [3.63, 3.8) is 0 Å². The number of imidazole rings is 1. The van der Waals surface area contributed by atoms with Gasteiger partial charge in [0.05, 0.1) is 31.2 Å². The molecule has 0 bridgehead atoms. The number of nitrogens with one attached hydrogen (secondary N) is 1. The van der Waals surface area contributed by atoms with Crippen LogP contribution in [0.15, 0.2) is 72.8 Å². The standard InChI is InChI=1S/C27H28ClN3O3/c1-33-22-11-7-20(8-12-22)19-27(32)29-16-15-26-30-24-5-2-3-6-25(24)31(26)17-4-18-34-23-13-9-21(28)10-14-23/h2-3,5-14H,4,15-19H2,1H3,(H,29,32). The molecule has 0 unspecified atom stereocenters. The van der Waals surface area contributed by atoms with Crippen molar-refractivity contribution in [2.75, 3.05) is 20.3 Å². The van der Waals surface area contributed by atoms with E-state index in [1.165, 1.54) is 0 Å². The van der Waals surface area contributed by atoms with E-state index >= 15 is 0 Å². The average molecular weight is 478 g/mol. The molecule has 1 aromatic heterocycles. The van der Waals surface area contributed by atoms with Gasteiger partial charge in [0.1, 0.15) is 17.3 Å². The Bertz CT molecular complexity index is 1220. The second kappa shape index (κ2) is 11.6. The largest absolute Gasteiger partial charge is 0.497 e. The molecule has 4 rings (SSSR count). The zero-order valence-electron chi connectivity index (χ0n) is 19.2. The van der Waals surface area contributed by atoms with Crippen molar-refractivity contribution in [1.82, 2.24) is 14.9 Å². The van der Waals surface area contributed by atoms with Gasteiger partial charge in [-0.2, -0.15) is 0 Å². The van der Waals surface area contributed by atoms with Crippen molar-refractivity contribution < 1.29 is 14.3 Å². The number of carbonyl (C=O) groups is 1. The molecule has 34 heavy (non-hydrogen) atoms. The lowest BCUT2D eigenvalue weighted by Gasteiger charge is -2.11. The summed E-state index contributed by atoms with van der Waals surface area (Å²) in [4.78, 5) is 17.2. The fourth-order valence-electron chi connectivity index (χ4n) is 3.81. The number of hydrogen-bond acceptors (Lipinski definition) is 4. The third kappa shape index (κ3) is 6.29. The van der Waals surface area contributed by atoms with Crippen LogP contribution >= 0.6 is 11.6 Å². The molecule has 0 atom stereocenters. The molecule has 1 amide bonds. The Balaban J connectivity index is 1.31. The zero-order valence-corrected chi connectivity index (χ0v) is 19.9. The van der Waals surface area contributed by atoms with Crippen LogP contribution in [0.5, 0.6) is 11.5 Å². The molecule has 1 heterocycles. The first-order valence-electron chi connectivity index (χ1n) is 11.3. The highest BCUT2D eigenvalue weighted by Crippen LogP contribution is 2.18. The molecule has 176 valence electrons. The Hall–Kier alpha value is -3.51. The molecule has 0 saturated carbocycles. The highest BCUT2D eigenvalue weighted by Gasteiger charge is 2.11. The number of ether oxygens (including phenoxy) is 2. The summed E-state index contributed by atoms with van der Waals surface area (Å²) < 4.78 is 13.2. The number of fused-ring (bicyclic) bond motifs is 1. The van der Waals surface area contributed by atoms with Gasteiger partial charge in [0.15, 0.2) is 0 Å². The first-order valence-corrected chi connectivity index (χ1v) is 11.7. The zero-order chi connectivity index (χ0) is 23.8. The van der Waals surface area contributed by atoms with Crippen LogP contribution in [-0.2, 0) is 24.2 Å². The van der Waals surface area contributed by atoms with Crippen molar-refractivity contribution in [3.8, 4) is 11.5 Å². The van der Waals surface area contributed by atoms with Crippen molar-refractivity contribution in [3.05, 3.63) is 89.2 Å². The topological polar surface area (TPSA) is 65.4 Å². The van der Waals surface area contributed by atoms with Gasteiger partial charge in [-0.05, 0) is 60.5 Å². The Morgan fingerprint density at radius 1 is 1.00 bits per heavy atom. The fraction of sp³-hybridized carbons (Fsp3) is 0.259. The number of nitrogens with zero attached hydrogens (tertiary/aromatic N) is 2. The Labute approximate surface area is 204 Å². The summed E-state index contributed by atoms with van der Waals surface area (Å²) in [6.45, 7) is 1.90. The molecule has 3 aromatic carbocycles. The average Bonchev–Trinajstić information content (AvgIpc) is 3.20. The second-order valence-electron chi connectivity index (χ2n) is 7.95. The van der Waals surface area contributed by atoms with Crippen LogP contribution in [0.3, 0.4) is 0 Å². The van der Waals surface area contributed by atoms with E-state index in [1.54, 1.807) is 7.11 Å². The number of amides is 1. The number of methoxy groups -OCH3 is 1. The number of aromatic nitrogens is 2. The third-order valence-corrected chi connectivity index (χ3v) is 5.79. The van der Waals surface area contributed by atoms with Crippen LogP contribution in [0.4, 0.5) is 0 Å². The summed E-state index contributed by atoms with van der Waals surface area (Å²) in [5.41, 5.74) is 3.00. The first kappa shape index (κ1) is 23.6. The molecule has 6 nitrogen and oxygen atoms in total. The second-order valence-corrected chi connectivity index (χ2v) is 8.39. The molecule has 7 heteroatoms. The molecule has 0 fully saturated rings. The number of benzene rings is 3. The van der Waals surface area contributed by atoms with Gasteiger partial charge >= 0.3 is 0 Å². The maximum atomic E-state index is 12.4. The van der Waals surface area contributed by atoms with E-state index in [0.29, 0.717) is 31.0 Å². The predicted molar refractivity (Wildman–Crippen MR) is 135 cm³/mol. The van der Waals surface area contributed by atoms with Crippen molar-refractivity contribution in [1.29, 1.82) is 0 Å². The monoisotopic (exact) mass is 477 g/mol. The van der Waals surface area contributed by atoms with E-state index in [0.717, 1.165) is 46.9 Å². The number of rotatable bonds is 11. The smallest absolute Gasteiger partial charge is 0.224 e. The molecule has 0 saturated heterocycles. The van der Waals surface area contributed by atoms with E-state index in [2.05, 4.69) is 16.0 Å². The van der Waals surface area contributed by atoms with Gasteiger partial charge in [-0.1, -0.05) is 35.9 Å². The minimum atomic E-state index is -0.0100. The Morgan fingerprint density at radius 2 is 1.74 bits per heavy atom. The van der Waals surface area contributed by atoms with Gasteiger partial charge in [0.2, 0.25) is 5.91 Å². The maximum Gasteiger partial charge on any atom is 0.224 e. The summed E-state index contributed by atoms with van der Waals surface area (Å²) in [5.74, 6) is 2.53. The number of carbonyl (C=O) groups excluding carboxylic acids is 1. The van der Waals surface area contributed by atoms with E-state index in [1.807, 2.05) is 66.7 Å². The number of para-hydroxylation sites is 2. The third-order valence-electron chi connectivity index (χ3n) is 5.54. The van der Waals surface area contributed by atoms with Crippen LogP contribution in [0.25, 0.3) is 11.0 Å². The summed E-state index contributed by atoms with van der Waals surface area (Å²) >= 11 is 5.93. The highest BCUT2D eigenvalue weighted by molar-refractivity contribution is 6.30. The number of halogens is 1. The first-order chi connectivity index (χ1) is 16.6. The molecule has 0 radical (unpaired) electrons. The van der Waals surface area contributed by atoms with Gasteiger partial charge in [0, 0.05) is 24.5 Å². The van der Waals surface area contributed by atoms with Gasteiger partial charge in [-0.15, -0.1) is 0 Å². The van der Waals surface area contributed by atoms with Crippen molar-refractivity contribution >= 4 is 28.5 Å². The molecular weight excluding hydrogens is 450 g/mol. The molecule has 0 spiro atoms. The molecule has 4 aromatic rings. The van der Waals surface area contributed by atoms with Gasteiger partial charge in [-0.3, -0.25) is 4.79 Å². The van der Waals surface area contributed by atoms with Gasteiger partial charge < -0.3 is 19.4 Å². The van der Waals surface area contributed by atoms with Crippen molar-refractivity contribution in [2.24, 2.45) is 0 Å². The molecular formula is C27H28ClN3O3. The minimum Gasteiger partial charge on any atom is -0.497 e. The van der Waals surface area contributed by atoms with Gasteiger partial charge in [-0.25, -0.2) is 4.98 Å². The van der Waals surface area contributed by atoms with Crippen LogP contribution in [0.2, 0.25) is 5.02 Å². The molecule has 1 N–H and O–H groups in total. The minimum absolute atomic E-state index is 0.0100. The van der Waals surface area contributed by atoms with Crippen LogP contribution < -0.4 is 14.8 Å². The summed E-state index contributed by atoms with van der Waals surface area (Å²) in [5, 5.41) is 3.71. The quantitative estimate of drug-likeness (QED) is 0.306. The van der Waals surface area contributed by atoms with Crippen LogP contribution in [0.1, 0.15) is 17.8 Å². The molecule has 0 aliphatic heterocycles. The number of hydrogen-bond donors (Lipinski definition) is 1. The predicted octanol–water partition coefficient (Wildman–Crippen LogP) is 5.07.